The molecule has 0 heterocycles. The molecule has 0 aliphatic rings. The Labute approximate surface area is 127 Å². The lowest BCUT2D eigenvalue weighted by Crippen LogP contribution is -2.17. The second-order valence-corrected chi connectivity index (χ2v) is 4.34. The van der Waals surface area contributed by atoms with E-state index in [0.29, 0.717) is 17.7 Å². The van der Waals surface area contributed by atoms with Gasteiger partial charge in [-0.3, -0.25) is 0 Å². The first kappa shape index (κ1) is 17.3. The van der Waals surface area contributed by atoms with E-state index in [1.54, 1.807) is 24.3 Å². The number of alkyl halides is 3. The van der Waals surface area contributed by atoms with E-state index in [1.807, 2.05) is 13.0 Å². The van der Waals surface area contributed by atoms with Crippen LogP contribution in [0.5, 0.6) is 5.75 Å². The van der Waals surface area contributed by atoms with Gasteiger partial charge in [0.05, 0.1) is 0 Å². The molecule has 0 atom stereocenters. The minimum atomic E-state index is -4.71. The van der Waals surface area contributed by atoms with Gasteiger partial charge in [0, 0.05) is 12.1 Å². The lowest BCUT2D eigenvalue weighted by Gasteiger charge is -2.16. The fourth-order valence-electron chi connectivity index (χ4n) is 2.10. The van der Waals surface area contributed by atoms with Crippen LogP contribution in [0.15, 0.2) is 42.5 Å². The van der Waals surface area contributed by atoms with Crippen molar-refractivity contribution in [2.45, 2.75) is 19.8 Å². The largest absolute Gasteiger partial charge is 0.573 e. The number of nitrogens with two attached hydrogens (primary N) is 1. The van der Waals surface area contributed by atoms with Gasteiger partial charge in [0.15, 0.2) is 0 Å². The Morgan fingerprint density at radius 2 is 1.62 bits per heavy atom. The third kappa shape index (κ3) is 4.12. The zero-order valence-corrected chi connectivity index (χ0v) is 12.1. The summed E-state index contributed by atoms with van der Waals surface area (Å²) < 4.78 is 41.4. The second-order valence-electron chi connectivity index (χ2n) is 4.34. The average molecular weight is 318 g/mol. The highest BCUT2D eigenvalue weighted by Gasteiger charge is 2.32. The maximum absolute atomic E-state index is 12.4. The normalized spacial score (nSPS) is 10.9. The van der Waals surface area contributed by atoms with Crippen LogP contribution in [0, 0.1) is 6.92 Å². The molecule has 0 radical (unpaired) electrons. The molecule has 0 spiro atoms. The molecule has 0 saturated heterocycles. The van der Waals surface area contributed by atoms with Gasteiger partial charge in [-0.05, 0) is 29.7 Å². The molecule has 0 amide bonds. The zero-order valence-electron chi connectivity index (χ0n) is 11.3. The molecule has 0 aliphatic carbocycles. The van der Waals surface area contributed by atoms with Crippen LogP contribution >= 0.6 is 12.4 Å². The summed E-state index contributed by atoms with van der Waals surface area (Å²) in [7, 11) is 0. The topological polar surface area (TPSA) is 35.2 Å². The molecule has 2 aromatic carbocycles. The number of benzene rings is 2. The first-order valence-corrected chi connectivity index (χ1v) is 6.06. The van der Waals surface area contributed by atoms with Gasteiger partial charge in [-0.15, -0.1) is 25.6 Å². The Hall–Kier alpha value is -1.72. The number of halogens is 4. The summed E-state index contributed by atoms with van der Waals surface area (Å²) in [6.07, 6.45) is -4.71. The summed E-state index contributed by atoms with van der Waals surface area (Å²) in [5, 5.41) is 0. The van der Waals surface area contributed by atoms with E-state index in [2.05, 4.69) is 4.74 Å². The van der Waals surface area contributed by atoms with Crippen molar-refractivity contribution in [3.63, 3.8) is 0 Å². The van der Waals surface area contributed by atoms with Crippen molar-refractivity contribution in [1.82, 2.24) is 0 Å². The summed E-state index contributed by atoms with van der Waals surface area (Å²) in [4.78, 5) is 0. The highest BCUT2D eigenvalue weighted by atomic mass is 35.5. The van der Waals surface area contributed by atoms with Crippen LogP contribution in [0.1, 0.15) is 11.1 Å². The second kappa shape index (κ2) is 6.83. The smallest absolute Gasteiger partial charge is 0.405 e. The Kier molecular flexibility index (Phi) is 5.63. The summed E-state index contributed by atoms with van der Waals surface area (Å²) >= 11 is 0. The van der Waals surface area contributed by atoms with Crippen molar-refractivity contribution >= 4 is 12.4 Å². The van der Waals surface area contributed by atoms with Crippen molar-refractivity contribution in [1.29, 1.82) is 0 Å². The van der Waals surface area contributed by atoms with E-state index in [-0.39, 0.29) is 18.2 Å². The van der Waals surface area contributed by atoms with Gasteiger partial charge in [0.1, 0.15) is 5.75 Å². The molecule has 6 heteroatoms. The molecule has 2 N–H and O–H groups in total. The Balaban J connectivity index is 0.00000220. The average Bonchev–Trinajstić information content (AvgIpc) is 2.38. The molecular formula is C15H15ClF3NO. The van der Waals surface area contributed by atoms with Gasteiger partial charge >= 0.3 is 6.36 Å². The van der Waals surface area contributed by atoms with Crippen LogP contribution in [-0.4, -0.2) is 6.36 Å². The third-order valence-electron chi connectivity index (χ3n) is 3.07. The Morgan fingerprint density at radius 3 is 2.24 bits per heavy atom. The highest BCUT2D eigenvalue weighted by Crippen LogP contribution is 2.35. The summed E-state index contributed by atoms with van der Waals surface area (Å²) in [6.45, 7) is 2.17. The Bertz CT molecular complexity index is 614. The fraction of sp³-hybridized carbons (Fsp3) is 0.200. The first-order valence-electron chi connectivity index (χ1n) is 6.06. The highest BCUT2D eigenvalue weighted by molar-refractivity contribution is 5.85. The molecule has 0 aliphatic heterocycles. The number of para-hydroxylation sites is 1. The van der Waals surface area contributed by atoms with E-state index >= 15 is 0 Å². The Morgan fingerprint density at radius 1 is 1.00 bits per heavy atom. The molecule has 114 valence electrons. The number of ether oxygens (including phenoxy) is 1. The van der Waals surface area contributed by atoms with Crippen LogP contribution in [0.3, 0.4) is 0 Å². The molecule has 0 saturated carbocycles. The van der Waals surface area contributed by atoms with E-state index in [0.717, 1.165) is 11.1 Å². The van der Waals surface area contributed by atoms with Gasteiger partial charge in [0.2, 0.25) is 0 Å². The van der Waals surface area contributed by atoms with Gasteiger partial charge in [0.25, 0.3) is 0 Å². The summed E-state index contributed by atoms with van der Waals surface area (Å²) in [5.74, 6) is -0.211. The fourth-order valence-corrected chi connectivity index (χ4v) is 2.10. The SMILES string of the molecule is Cc1c(CN)cccc1-c1ccccc1OC(F)(F)F.Cl. The molecule has 2 aromatic rings. The van der Waals surface area contributed by atoms with Crippen molar-refractivity contribution in [3.05, 3.63) is 53.6 Å². The van der Waals surface area contributed by atoms with Gasteiger partial charge < -0.3 is 10.5 Å². The van der Waals surface area contributed by atoms with Crippen molar-refractivity contribution in [3.8, 4) is 16.9 Å². The predicted octanol–water partition coefficient (Wildman–Crippen LogP) is 4.44. The number of hydrogen-bond acceptors (Lipinski definition) is 2. The maximum atomic E-state index is 12.4. The molecule has 0 bridgehead atoms. The maximum Gasteiger partial charge on any atom is 0.573 e. The predicted molar refractivity (Wildman–Crippen MR) is 78.4 cm³/mol. The number of hydrogen-bond donors (Lipinski definition) is 1. The van der Waals surface area contributed by atoms with Crippen LogP contribution in [-0.2, 0) is 6.54 Å². The van der Waals surface area contributed by atoms with Crippen LogP contribution < -0.4 is 10.5 Å². The third-order valence-corrected chi connectivity index (χ3v) is 3.07. The molecule has 2 rings (SSSR count). The van der Waals surface area contributed by atoms with Crippen LogP contribution in [0.25, 0.3) is 11.1 Å². The molecule has 0 fully saturated rings. The molecular weight excluding hydrogens is 303 g/mol. The standard InChI is InChI=1S/C15H14F3NO.ClH/c1-10-11(9-19)5-4-7-12(10)13-6-2-3-8-14(13)20-15(16,17)18;/h2-8H,9,19H2,1H3;1H. The number of rotatable bonds is 3. The lowest BCUT2D eigenvalue weighted by molar-refractivity contribution is -0.274. The molecule has 21 heavy (non-hydrogen) atoms. The monoisotopic (exact) mass is 317 g/mol. The minimum Gasteiger partial charge on any atom is -0.405 e. The van der Waals surface area contributed by atoms with E-state index in [4.69, 9.17) is 5.73 Å². The lowest BCUT2D eigenvalue weighted by atomic mass is 9.96. The van der Waals surface area contributed by atoms with E-state index < -0.39 is 6.36 Å². The van der Waals surface area contributed by atoms with Gasteiger partial charge in [-0.1, -0.05) is 36.4 Å². The minimum absolute atomic E-state index is 0. The van der Waals surface area contributed by atoms with Crippen molar-refractivity contribution in [2.24, 2.45) is 5.73 Å². The zero-order chi connectivity index (χ0) is 14.8. The van der Waals surface area contributed by atoms with Crippen LogP contribution in [0.2, 0.25) is 0 Å². The molecule has 0 aromatic heterocycles. The van der Waals surface area contributed by atoms with Crippen LogP contribution in [0.4, 0.5) is 13.2 Å². The van der Waals surface area contributed by atoms with Gasteiger partial charge in [-0.25, -0.2) is 0 Å². The summed E-state index contributed by atoms with van der Waals surface area (Å²) in [5.41, 5.74) is 8.46. The van der Waals surface area contributed by atoms with E-state index in [9.17, 15) is 13.2 Å². The van der Waals surface area contributed by atoms with Gasteiger partial charge in [-0.2, -0.15) is 0 Å². The first-order chi connectivity index (χ1) is 9.42. The molecule has 0 unspecified atom stereocenters. The van der Waals surface area contributed by atoms with Crippen molar-refractivity contribution in [2.75, 3.05) is 0 Å². The molecule has 2 nitrogen and oxygen atoms in total. The van der Waals surface area contributed by atoms with Crippen molar-refractivity contribution < 1.29 is 17.9 Å². The van der Waals surface area contributed by atoms with E-state index in [1.165, 1.54) is 12.1 Å². The summed E-state index contributed by atoms with van der Waals surface area (Å²) in [6, 6.07) is 11.5. The quantitative estimate of drug-likeness (QED) is 0.908.